The molecule has 1 rings (SSSR count). The maximum Gasteiger partial charge on any atom is 0.326 e. The molecule has 1 aromatic rings. The minimum atomic E-state index is -1.09. The van der Waals surface area contributed by atoms with Gasteiger partial charge >= 0.3 is 5.97 Å². The van der Waals surface area contributed by atoms with E-state index in [1.807, 2.05) is 19.1 Å². The van der Waals surface area contributed by atoms with Crippen molar-refractivity contribution in [1.82, 2.24) is 5.32 Å². The number of hydrogen-bond acceptors (Lipinski definition) is 3. The Morgan fingerprint density at radius 3 is 2.76 bits per heavy atom. The number of aliphatic carboxylic acids is 1. The Hall–Kier alpha value is -1.85. The molecule has 0 spiro atoms. The van der Waals surface area contributed by atoms with Crippen molar-refractivity contribution in [3.8, 4) is 0 Å². The van der Waals surface area contributed by atoms with Crippen molar-refractivity contribution in [2.45, 2.75) is 19.4 Å². The molecule has 0 heterocycles. The lowest BCUT2D eigenvalue weighted by Gasteiger charge is -2.12. The third-order valence-corrected chi connectivity index (χ3v) is 3.26. The first-order valence-corrected chi connectivity index (χ1v) is 6.78. The minimum Gasteiger partial charge on any atom is -0.480 e. The van der Waals surface area contributed by atoms with Gasteiger partial charge < -0.3 is 15.2 Å². The van der Waals surface area contributed by atoms with Crippen LogP contribution in [0.4, 0.5) is 0 Å². The van der Waals surface area contributed by atoms with Crippen LogP contribution in [0, 0.1) is 6.92 Å². The van der Waals surface area contributed by atoms with E-state index in [0.29, 0.717) is 5.02 Å². The van der Waals surface area contributed by atoms with Gasteiger partial charge in [-0.25, -0.2) is 4.79 Å². The molecule has 0 bridgehead atoms. The number of carbonyl (C=O) groups excluding carboxylic acids is 1. The van der Waals surface area contributed by atoms with Crippen LogP contribution in [0.3, 0.4) is 0 Å². The summed E-state index contributed by atoms with van der Waals surface area (Å²) in [4.78, 5) is 22.7. The number of methoxy groups -OCH3 is 1. The quantitative estimate of drug-likeness (QED) is 0.757. The summed E-state index contributed by atoms with van der Waals surface area (Å²) in [6.45, 7) is 2.14. The fourth-order valence-corrected chi connectivity index (χ4v) is 1.79. The molecule has 0 saturated carbocycles. The molecule has 21 heavy (non-hydrogen) atoms. The maximum atomic E-state index is 11.7. The second-order valence-electron chi connectivity index (χ2n) is 4.52. The van der Waals surface area contributed by atoms with Crippen molar-refractivity contribution in [3.05, 3.63) is 40.4 Å². The number of hydrogen-bond donors (Lipinski definition) is 2. The highest BCUT2D eigenvalue weighted by Crippen LogP contribution is 2.17. The summed E-state index contributed by atoms with van der Waals surface area (Å²) in [6.07, 6.45) is 3.07. The molecular formula is C15H18ClNO4. The maximum absolute atomic E-state index is 11.7. The molecule has 0 aliphatic carbocycles. The Kier molecular flexibility index (Phi) is 6.91. The van der Waals surface area contributed by atoms with Gasteiger partial charge in [-0.3, -0.25) is 4.79 Å². The molecule has 0 aliphatic rings. The summed E-state index contributed by atoms with van der Waals surface area (Å²) in [5.74, 6) is -1.57. The second kappa shape index (κ2) is 8.44. The largest absolute Gasteiger partial charge is 0.480 e. The zero-order valence-electron chi connectivity index (χ0n) is 11.9. The van der Waals surface area contributed by atoms with Crippen LogP contribution in [0.1, 0.15) is 17.5 Å². The van der Waals surface area contributed by atoms with Gasteiger partial charge in [-0.1, -0.05) is 23.7 Å². The topological polar surface area (TPSA) is 75.6 Å². The molecule has 6 heteroatoms. The van der Waals surface area contributed by atoms with E-state index >= 15 is 0 Å². The first kappa shape index (κ1) is 17.2. The van der Waals surface area contributed by atoms with Crippen molar-refractivity contribution in [2.75, 3.05) is 13.7 Å². The molecule has 0 aromatic heterocycles. The summed E-state index contributed by atoms with van der Waals surface area (Å²) in [6, 6.07) is 4.44. The number of benzene rings is 1. The molecule has 1 unspecified atom stereocenters. The predicted molar refractivity (Wildman–Crippen MR) is 81.3 cm³/mol. The van der Waals surface area contributed by atoms with Crippen LogP contribution < -0.4 is 5.32 Å². The van der Waals surface area contributed by atoms with Crippen LogP contribution >= 0.6 is 11.6 Å². The van der Waals surface area contributed by atoms with E-state index in [4.69, 9.17) is 21.4 Å². The van der Waals surface area contributed by atoms with Gasteiger partial charge in [0.25, 0.3) is 0 Å². The Labute approximate surface area is 128 Å². The summed E-state index contributed by atoms with van der Waals surface area (Å²) in [5, 5.41) is 12.0. The van der Waals surface area contributed by atoms with Gasteiger partial charge in [-0.2, -0.15) is 0 Å². The number of nitrogens with one attached hydrogen (secondary N) is 1. The van der Waals surface area contributed by atoms with Crippen molar-refractivity contribution in [3.63, 3.8) is 0 Å². The van der Waals surface area contributed by atoms with E-state index in [1.54, 1.807) is 12.1 Å². The van der Waals surface area contributed by atoms with Gasteiger partial charge in [-0.15, -0.1) is 0 Å². The summed E-state index contributed by atoms with van der Waals surface area (Å²) in [7, 11) is 1.47. The van der Waals surface area contributed by atoms with Crippen LogP contribution in [0.2, 0.25) is 5.02 Å². The first-order chi connectivity index (χ1) is 9.93. The monoisotopic (exact) mass is 311 g/mol. The van der Waals surface area contributed by atoms with E-state index < -0.39 is 17.9 Å². The smallest absolute Gasteiger partial charge is 0.326 e. The fourth-order valence-electron chi connectivity index (χ4n) is 1.60. The lowest BCUT2D eigenvalue weighted by molar-refractivity contribution is -0.141. The number of halogens is 1. The van der Waals surface area contributed by atoms with Crippen molar-refractivity contribution < 1.29 is 19.4 Å². The fraction of sp³-hybridized carbons (Fsp3) is 0.333. The molecule has 1 amide bonds. The van der Waals surface area contributed by atoms with Crippen LogP contribution in [-0.2, 0) is 14.3 Å². The highest BCUT2D eigenvalue weighted by Gasteiger charge is 2.18. The molecule has 2 N–H and O–H groups in total. The second-order valence-corrected chi connectivity index (χ2v) is 4.93. The molecule has 1 atom stereocenters. The minimum absolute atomic E-state index is 0.210. The molecule has 1 aromatic carbocycles. The third kappa shape index (κ3) is 5.97. The lowest BCUT2D eigenvalue weighted by Crippen LogP contribution is -2.40. The number of carbonyl (C=O) groups is 2. The van der Waals surface area contributed by atoms with E-state index in [9.17, 15) is 9.59 Å². The molecule has 0 radical (unpaired) electrons. The molecule has 0 saturated heterocycles. The van der Waals surface area contributed by atoms with Gasteiger partial charge in [0.2, 0.25) is 5.91 Å². The Balaban J connectivity index is 2.64. The van der Waals surface area contributed by atoms with E-state index in [0.717, 1.165) is 11.1 Å². The van der Waals surface area contributed by atoms with E-state index in [2.05, 4.69) is 5.32 Å². The highest BCUT2D eigenvalue weighted by atomic mass is 35.5. The highest BCUT2D eigenvalue weighted by molar-refractivity contribution is 6.31. The Morgan fingerprint density at radius 1 is 1.48 bits per heavy atom. The van der Waals surface area contributed by atoms with Gasteiger partial charge in [0.05, 0.1) is 0 Å². The van der Waals surface area contributed by atoms with Crippen molar-refractivity contribution in [1.29, 1.82) is 0 Å². The molecule has 114 valence electrons. The number of rotatable bonds is 7. The van der Waals surface area contributed by atoms with Gasteiger partial charge in [0.15, 0.2) is 0 Å². The van der Waals surface area contributed by atoms with Crippen molar-refractivity contribution >= 4 is 29.6 Å². The van der Waals surface area contributed by atoms with Gasteiger partial charge in [0.1, 0.15) is 6.04 Å². The summed E-state index contributed by atoms with van der Waals surface area (Å²) < 4.78 is 4.81. The third-order valence-electron chi connectivity index (χ3n) is 2.85. The SMILES string of the molecule is COCCC(NC(=O)C=Cc1ccc(C)c(Cl)c1)C(=O)O. The molecule has 0 aliphatic heterocycles. The summed E-state index contributed by atoms with van der Waals surface area (Å²) in [5.41, 5.74) is 1.72. The van der Waals surface area contributed by atoms with E-state index in [-0.39, 0.29) is 13.0 Å². The number of carboxylic acid groups (broad SMARTS) is 1. The zero-order valence-corrected chi connectivity index (χ0v) is 12.7. The van der Waals surface area contributed by atoms with E-state index in [1.165, 1.54) is 13.2 Å². The zero-order chi connectivity index (χ0) is 15.8. The van der Waals surface area contributed by atoms with Gasteiger partial charge in [-0.05, 0) is 30.2 Å². The summed E-state index contributed by atoms with van der Waals surface area (Å²) >= 11 is 5.99. The normalized spacial score (nSPS) is 12.3. The van der Waals surface area contributed by atoms with Crippen LogP contribution in [0.15, 0.2) is 24.3 Å². The average molecular weight is 312 g/mol. The first-order valence-electron chi connectivity index (χ1n) is 6.40. The van der Waals surface area contributed by atoms with Crippen molar-refractivity contribution in [2.24, 2.45) is 0 Å². The number of aryl methyl sites for hydroxylation is 1. The average Bonchev–Trinajstić information content (AvgIpc) is 2.44. The van der Waals surface area contributed by atoms with Crippen LogP contribution in [0.5, 0.6) is 0 Å². The number of ether oxygens (including phenoxy) is 1. The molecule has 0 fully saturated rings. The Morgan fingerprint density at radius 2 is 2.19 bits per heavy atom. The number of amides is 1. The number of carboxylic acids is 1. The lowest BCUT2D eigenvalue weighted by atomic mass is 10.1. The Bertz CT molecular complexity index is 542. The van der Waals surface area contributed by atoms with Crippen LogP contribution in [0.25, 0.3) is 6.08 Å². The molecular weight excluding hydrogens is 294 g/mol. The van der Waals surface area contributed by atoms with Crippen LogP contribution in [-0.4, -0.2) is 36.7 Å². The molecule has 5 nitrogen and oxygen atoms in total. The predicted octanol–water partition coefficient (Wildman–Crippen LogP) is 2.27. The standard InChI is InChI=1S/C15H18ClNO4/c1-10-3-4-11(9-12(10)16)5-6-14(18)17-13(15(19)20)7-8-21-2/h3-6,9,13H,7-8H2,1-2H3,(H,17,18)(H,19,20). The van der Waals surface area contributed by atoms with Gasteiger partial charge in [0, 0.05) is 31.2 Å².